The predicted octanol–water partition coefficient (Wildman–Crippen LogP) is 5.69. The zero-order chi connectivity index (χ0) is 18.4. The Hall–Kier alpha value is -2.94. The number of hydrogen-bond donors (Lipinski definition) is 1. The van der Waals surface area contributed by atoms with Gasteiger partial charge in [-0.25, -0.2) is 0 Å². The van der Waals surface area contributed by atoms with E-state index >= 15 is 0 Å². The average Bonchev–Trinajstić information content (AvgIpc) is 2.65. The number of fused-ring (bicyclic) bond motifs is 1. The molecular formula is C23H24N2O. The van der Waals surface area contributed by atoms with Gasteiger partial charge in [0.2, 0.25) is 0 Å². The first-order chi connectivity index (χ1) is 12.7. The number of rotatable bonds is 6. The van der Waals surface area contributed by atoms with Crippen molar-refractivity contribution in [2.24, 2.45) is 0 Å². The fourth-order valence-corrected chi connectivity index (χ4v) is 3.11. The van der Waals surface area contributed by atoms with Crippen LogP contribution in [0.1, 0.15) is 41.3 Å². The molecule has 0 spiro atoms. The van der Waals surface area contributed by atoms with Crippen LogP contribution in [0.4, 0.5) is 5.69 Å². The fraction of sp³-hybridized carbons (Fsp3) is 0.217. The van der Waals surface area contributed by atoms with Gasteiger partial charge in [-0.3, -0.25) is 9.78 Å². The van der Waals surface area contributed by atoms with Gasteiger partial charge in [-0.05, 0) is 43.0 Å². The van der Waals surface area contributed by atoms with Gasteiger partial charge in [-0.15, -0.1) is 0 Å². The number of aromatic nitrogens is 1. The van der Waals surface area contributed by atoms with Crippen molar-refractivity contribution in [1.82, 2.24) is 4.98 Å². The third-order valence-corrected chi connectivity index (χ3v) is 4.43. The van der Waals surface area contributed by atoms with E-state index in [1.165, 1.54) is 0 Å². The Morgan fingerprint density at radius 1 is 1.08 bits per heavy atom. The van der Waals surface area contributed by atoms with Crippen LogP contribution in [0.5, 0.6) is 0 Å². The Kier molecular flexibility index (Phi) is 5.80. The number of hydrogen-bond acceptors (Lipinski definition) is 2. The first-order valence-electron chi connectivity index (χ1n) is 9.09. The van der Waals surface area contributed by atoms with E-state index in [0.717, 1.165) is 52.5 Å². The van der Waals surface area contributed by atoms with E-state index < -0.39 is 0 Å². The Labute approximate surface area is 154 Å². The van der Waals surface area contributed by atoms with E-state index in [2.05, 4.69) is 29.4 Å². The number of nitrogens with one attached hydrogen (secondary N) is 1. The molecule has 1 amide bonds. The van der Waals surface area contributed by atoms with Gasteiger partial charge in [0.15, 0.2) is 0 Å². The number of amides is 1. The number of pyridine rings is 1. The van der Waals surface area contributed by atoms with Gasteiger partial charge < -0.3 is 5.32 Å². The molecule has 0 aliphatic rings. The summed E-state index contributed by atoms with van der Waals surface area (Å²) >= 11 is 0. The molecule has 2 aromatic carbocycles. The summed E-state index contributed by atoms with van der Waals surface area (Å²) in [7, 11) is 0. The molecule has 1 N–H and O–H groups in total. The number of unbranched alkanes of at least 4 members (excludes halogenated alkanes) is 1. The Morgan fingerprint density at radius 3 is 2.73 bits per heavy atom. The second-order valence-electron chi connectivity index (χ2n) is 6.41. The lowest BCUT2D eigenvalue weighted by Crippen LogP contribution is -2.16. The first-order valence-corrected chi connectivity index (χ1v) is 9.09. The smallest absolute Gasteiger partial charge is 0.256 e. The molecule has 0 aliphatic carbocycles. The van der Waals surface area contributed by atoms with Gasteiger partial charge in [0.25, 0.3) is 5.91 Å². The van der Waals surface area contributed by atoms with Crippen molar-refractivity contribution in [3.8, 4) is 0 Å². The molecule has 1 aromatic heterocycles. The second-order valence-corrected chi connectivity index (χ2v) is 6.41. The molecule has 0 bridgehead atoms. The van der Waals surface area contributed by atoms with Crippen LogP contribution >= 0.6 is 0 Å². The molecule has 3 aromatic rings. The molecule has 26 heavy (non-hydrogen) atoms. The summed E-state index contributed by atoms with van der Waals surface area (Å²) < 4.78 is 0. The molecule has 3 heteroatoms. The van der Waals surface area contributed by atoms with Crippen LogP contribution in [0.2, 0.25) is 0 Å². The number of aryl methyl sites for hydroxylation is 1. The standard InChI is InChI=1S/C23H24N2O/c1-3-4-5-6-11-18-12-7-10-17(2)21(18)23(26)25-20-15-8-13-19-14-9-16-24-22(19)20/h5-10,12-16H,3-4,11H2,1-2H3,(H,25,26)/b6-5-. The van der Waals surface area contributed by atoms with Crippen LogP contribution < -0.4 is 5.32 Å². The lowest BCUT2D eigenvalue weighted by molar-refractivity contribution is 0.102. The van der Waals surface area contributed by atoms with Crippen LogP contribution in [0.3, 0.4) is 0 Å². The van der Waals surface area contributed by atoms with Crippen LogP contribution in [0.25, 0.3) is 10.9 Å². The van der Waals surface area contributed by atoms with Gasteiger partial charge in [0.05, 0.1) is 11.2 Å². The summed E-state index contributed by atoms with van der Waals surface area (Å²) in [6.07, 6.45) is 9.03. The number of anilines is 1. The van der Waals surface area contributed by atoms with Crippen molar-refractivity contribution in [2.45, 2.75) is 33.1 Å². The lowest BCUT2D eigenvalue weighted by Gasteiger charge is -2.13. The topological polar surface area (TPSA) is 42.0 Å². The van der Waals surface area contributed by atoms with Crippen molar-refractivity contribution in [3.63, 3.8) is 0 Å². The van der Waals surface area contributed by atoms with Crippen molar-refractivity contribution >= 4 is 22.5 Å². The van der Waals surface area contributed by atoms with Crippen molar-refractivity contribution in [1.29, 1.82) is 0 Å². The van der Waals surface area contributed by atoms with Crippen LogP contribution in [0, 0.1) is 6.92 Å². The monoisotopic (exact) mass is 344 g/mol. The highest BCUT2D eigenvalue weighted by Crippen LogP contribution is 2.23. The summed E-state index contributed by atoms with van der Waals surface area (Å²) in [5.41, 5.74) is 4.33. The number of benzene rings is 2. The maximum atomic E-state index is 13.0. The average molecular weight is 344 g/mol. The van der Waals surface area contributed by atoms with E-state index in [0.29, 0.717) is 0 Å². The quantitative estimate of drug-likeness (QED) is 0.583. The molecule has 0 saturated carbocycles. The number of allylic oxidation sites excluding steroid dienone is 2. The van der Waals surface area contributed by atoms with Gasteiger partial charge in [-0.1, -0.05) is 61.9 Å². The second kappa shape index (κ2) is 8.43. The minimum Gasteiger partial charge on any atom is -0.320 e. The van der Waals surface area contributed by atoms with E-state index in [1.807, 2.05) is 55.5 Å². The van der Waals surface area contributed by atoms with Gasteiger partial charge >= 0.3 is 0 Å². The third kappa shape index (κ3) is 3.99. The molecule has 132 valence electrons. The molecule has 3 rings (SSSR count). The Bertz CT molecular complexity index is 939. The minimum absolute atomic E-state index is 0.0832. The van der Waals surface area contributed by atoms with E-state index in [4.69, 9.17) is 0 Å². The predicted molar refractivity (Wildman–Crippen MR) is 109 cm³/mol. The SMILES string of the molecule is CCC/C=C\Cc1cccc(C)c1C(=O)Nc1cccc2cccnc12. The van der Waals surface area contributed by atoms with Gasteiger partial charge in [-0.2, -0.15) is 0 Å². The molecule has 0 atom stereocenters. The largest absolute Gasteiger partial charge is 0.320 e. The third-order valence-electron chi connectivity index (χ3n) is 4.43. The summed E-state index contributed by atoms with van der Waals surface area (Å²) in [6, 6.07) is 15.7. The van der Waals surface area contributed by atoms with E-state index in [1.54, 1.807) is 6.20 Å². The number of para-hydroxylation sites is 1. The highest BCUT2D eigenvalue weighted by Gasteiger charge is 2.15. The van der Waals surface area contributed by atoms with Gasteiger partial charge in [0.1, 0.15) is 0 Å². The summed E-state index contributed by atoms with van der Waals surface area (Å²) in [4.78, 5) is 17.4. The van der Waals surface area contributed by atoms with Crippen LogP contribution in [0.15, 0.2) is 66.9 Å². The van der Waals surface area contributed by atoms with Crippen molar-refractivity contribution in [2.75, 3.05) is 5.32 Å². The zero-order valence-corrected chi connectivity index (χ0v) is 15.3. The number of carbonyl (C=O) groups is 1. The van der Waals surface area contributed by atoms with Gasteiger partial charge in [0, 0.05) is 17.1 Å². The molecule has 0 radical (unpaired) electrons. The van der Waals surface area contributed by atoms with Crippen LogP contribution in [-0.4, -0.2) is 10.9 Å². The molecule has 1 heterocycles. The van der Waals surface area contributed by atoms with Crippen molar-refractivity contribution in [3.05, 3.63) is 83.6 Å². The van der Waals surface area contributed by atoms with E-state index in [-0.39, 0.29) is 5.91 Å². The minimum atomic E-state index is -0.0832. The summed E-state index contributed by atoms with van der Waals surface area (Å²) in [5, 5.41) is 4.07. The molecule has 3 nitrogen and oxygen atoms in total. The maximum absolute atomic E-state index is 13.0. The van der Waals surface area contributed by atoms with Crippen molar-refractivity contribution < 1.29 is 4.79 Å². The first kappa shape index (κ1) is 17.9. The Morgan fingerprint density at radius 2 is 1.88 bits per heavy atom. The molecule has 0 unspecified atom stereocenters. The normalized spacial score (nSPS) is 11.2. The lowest BCUT2D eigenvalue weighted by atomic mass is 9.98. The van der Waals surface area contributed by atoms with Crippen LogP contribution in [-0.2, 0) is 6.42 Å². The maximum Gasteiger partial charge on any atom is 0.256 e. The molecular weight excluding hydrogens is 320 g/mol. The Balaban J connectivity index is 1.90. The molecule has 0 saturated heterocycles. The summed E-state index contributed by atoms with van der Waals surface area (Å²) in [6.45, 7) is 4.14. The molecule has 0 aliphatic heterocycles. The highest BCUT2D eigenvalue weighted by atomic mass is 16.1. The fourth-order valence-electron chi connectivity index (χ4n) is 3.11. The number of carbonyl (C=O) groups excluding carboxylic acids is 1. The van der Waals surface area contributed by atoms with E-state index in [9.17, 15) is 4.79 Å². The highest BCUT2D eigenvalue weighted by molar-refractivity contribution is 6.09. The number of nitrogens with zero attached hydrogens (tertiary/aromatic N) is 1. The summed E-state index contributed by atoms with van der Waals surface area (Å²) in [5.74, 6) is -0.0832. The zero-order valence-electron chi connectivity index (χ0n) is 15.3. The molecule has 0 fully saturated rings.